The number of unbranched alkanes of at least 4 members (excludes halogenated alkanes) is 1. The van der Waals surface area contributed by atoms with Gasteiger partial charge in [-0.25, -0.2) is 4.79 Å². The van der Waals surface area contributed by atoms with E-state index in [2.05, 4.69) is 0 Å². The summed E-state index contributed by atoms with van der Waals surface area (Å²) >= 11 is 0. The fourth-order valence-corrected chi connectivity index (χ4v) is 2.11. The van der Waals surface area contributed by atoms with Gasteiger partial charge in [-0.15, -0.1) is 0 Å². The number of urea groups is 1. The van der Waals surface area contributed by atoms with Crippen molar-refractivity contribution in [3.05, 3.63) is 0 Å². The van der Waals surface area contributed by atoms with E-state index in [1.54, 1.807) is 9.80 Å². The van der Waals surface area contributed by atoms with Gasteiger partial charge in [0, 0.05) is 26.2 Å². The highest BCUT2D eigenvalue weighted by atomic mass is 16.4. The van der Waals surface area contributed by atoms with Gasteiger partial charge in [-0.3, -0.25) is 4.79 Å². The lowest BCUT2D eigenvalue weighted by Gasteiger charge is -2.27. The maximum Gasteiger partial charge on any atom is 0.320 e. The molecule has 6 nitrogen and oxygen atoms in total. The number of rotatable bonds is 6. The molecule has 1 saturated heterocycles. The van der Waals surface area contributed by atoms with Crippen LogP contribution in [0.1, 0.15) is 26.2 Å². The van der Waals surface area contributed by atoms with Crippen LogP contribution < -0.4 is 0 Å². The van der Waals surface area contributed by atoms with E-state index in [4.69, 9.17) is 10.2 Å². The Morgan fingerprint density at radius 3 is 2.61 bits per heavy atom. The number of aliphatic carboxylic acids is 1. The number of amides is 2. The van der Waals surface area contributed by atoms with Gasteiger partial charge in [-0.1, -0.05) is 13.3 Å². The highest BCUT2D eigenvalue weighted by Crippen LogP contribution is 2.18. The van der Waals surface area contributed by atoms with E-state index >= 15 is 0 Å². The van der Waals surface area contributed by atoms with Crippen molar-refractivity contribution in [1.82, 2.24) is 9.80 Å². The van der Waals surface area contributed by atoms with E-state index in [9.17, 15) is 9.59 Å². The molecule has 1 aliphatic rings. The highest BCUT2D eigenvalue weighted by Gasteiger charge is 2.32. The van der Waals surface area contributed by atoms with Crippen LogP contribution in [0.3, 0.4) is 0 Å². The van der Waals surface area contributed by atoms with Gasteiger partial charge in [-0.2, -0.15) is 0 Å². The molecule has 0 radical (unpaired) electrons. The Morgan fingerprint density at radius 1 is 1.39 bits per heavy atom. The molecule has 1 unspecified atom stereocenters. The van der Waals surface area contributed by atoms with Crippen LogP contribution in [0.25, 0.3) is 0 Å². The molecule has 1 fully saturated rings. The second-order valence-corrected chi connectivity index (χ2v) is 4.62. The first-order chi connectivity index (χ1) is 8.60. The fourth-order valence-electron chi connectivity index (χ4n) is 2.11. The average Bonchev–Trinajstić information content (AvgIpc) is 2.83. The minimum absolute atomic E-state index is 0.0638. The summed E-state index contributed by atoms with van der Waals surface area (Å²) in [6.45, 7) is 3.67. The monoisotopic (exact) mass is 258 g/mol. The van der Waals surface area contributed by atoms with Crippen LogP contribution in [0.5, 0.6) is 0 Å². The van der Waals surface area contributed by atoms with Crippen molar-refractivity contribution < 1.29 is 19.8 Å². The molecule has 1 atom stereocenters. The van der Waals surface area contributed by atoms with E-state index in [1.807, 2.05) is 6.92 Å². The maximum atomic E-state index is 12.2. The quantitative estimate of drug-likeness (QED) is 0.731. The van der Waals surface area contributed by atoms with Crippen molar-refractivity contribution in [1.29, 1.82) is 0 Å². The number of carbonyl (C=O) groups is 2. The number of carboxylic acids is 1. The smallest absolute Gasteiger partial charge is 0.320 e. The number of aliphatic hydroxyl groups excluding tert-OH is 1. The average molecular weight is 258 g/mol. The Bertz CT molecular complexity index is 296. The van der Waals surface area contributed by atoms with Gasteiger partial charge in [0.2, 0.25) is 0 Å². The van der Waals surface area contributed by atoms with Gasteiger partial charge in [-0.05, 0) is 12.8 Å². The third-order valence-electron chi connectivity index (χ3n) is 3.23. The second-order valence-electron chi connectivity index (χ2n) is 4.62. The van der Waals surface area contributed by atoms with E-state index in [1.165, 1.54) is 0 Å². The number of hydrogen-bond acceptors (Lipinski definition) is 3. The van der Waals surface area contributed by atoms with E-state index < -0.39 is 11.9 Å². The molecule has 0 saturated carbocycles. The van der Waals surface area contributed by atoms with Crippen LogP contribution in [0.15, 0.2) is 0 Å². The van der Waals surface area contributed by atoms with Gasteiger partial charge < -0.3 is 20.0 Å². The molecule has 6 heteroatoms. The summed E-state index contributed by atoms with van der Waals surface area (Å²) in [6, 6.07) is -0.152. The Kier molecular flexibility index (Phi) is 5.91. The van der Waals surface area contributed by atoms with E-state index in [0.717, 1.165) is 12.8 Å². The topological polar surface area (TPSA) is 81.1 Å². The molecule has 2 amide bonds. The van der Waals surface area contributed by atoms with E-state index in [-0.39, 0.29) is 19.2 Å². The van der Waals surface area contributed by atoms with Crippen molar-refractivity contribution in [2.24, 2.45) is 5.92 Å². The zero-order chi connectivity index (χ0) is 13.5. The number of carbonyl (C=O) groups excluding carboxylic acids is 1. The summed E-state index contributed by atoms with van der Waals surface area (Å²) < 4.78 is 0. The fraction of sp³-hybridized carbons (Fsp3) is 0.833. The molecular formula is C12H22N2O4. The standard InChI is InChI=1S/C12H22N2O4/c1-2-3-5-13(7-8-15)12(18)14-6-4-10(9-14)11(16)17/h10,15H,2-9H2,1H3,(H,16,17). The normalized spacial score (nSPS) is 19.0. The molecule has 0 bridgehead atoms. The molecule has 104 valence electrons. The molecule has 0 spiro atoms. The zero-order valence-electron chi connectivity index (χ0n) is 10.8. The summed E-state index contributed by atoms with van der Waals surface area (Å²) in [4.78, 5) is 26.2. The Labute approximate surface area is 107 Å². The van der Waals surface area contributed by atoms with Gasteiger partial charge in [0.1, 0.15) is 0 Å². The first-order valence-electron chi connectivity index (χ1n) is 6.47. The molecule has 1 rings (SSSR count). The largest absolute Gasteiger partial charge is 0.481 e. The lowest BCUT2D eigenvalue weighted by atomic mass is 10.1. The zero-order valence-corrected chi connectivity index (χ0v) is 10.8. The van der Waals surface area contributed by atoms with Crippen molar-refractivity contribution in [2.75, 3.05) is 32.8 Å². The molecule has 0 aliphatic carbocycles. The summed E-state index contributed by atoms with van der Waals surface area (Å²) in [5, 5.41) is 17.9. The summed E-state index contributed by atoms with van der Waals surface area (Å²) in [5.74, 6) is -1.29. The maximum absolute atomic E-state index is 12.2. The molecule has 0 aromatic carbocycles. The Morgan fingerprint density at radius 2 is 2.11 bits per heavy atom. The van der Waals surface area contributed by atoms with Gasteiger partial charge in [0.05, 0.1) is 12.5 Å². The number of aliphatic hydroxyl groups is 1. The van der Waals surface area contributed by atoms with Crippen LogP contribution in [-0.4, -0.2) is 64.8 Å². The SMILES string of the molecule is CCCCN(CCO)C(=O)N1CCC(C(=O)O)C1. The van der Waals surface area contributed by atoms with Crippen molar-refractivity contribution in [3.63, 3.8) is 0 Å². The van der Waals surface area contributed by atoms with Crippen LogP contribution in [-0.2, 0) is 4.79 Å². The molecule has 0 aromatic rings. The predicted molar refractivity (Wildman–Crippen MR) is 66.3 cm³/mol. The second kappa shape index (κ2) is 7.20. The summed E-state index contributed by atoms with van der Waals surface area (Å²) in [5.41, 5.74) is 0. The third-order valence-corrected chi connectivity index (χ3v) is 3.23. The van der Waals surface area contributed by atoms with Crippen LogP contribution in [0.2, 0.25) is 0 Å². The molecular weight excluding hydrogens is 236 g/mol. The van der Waals surface area contributed by atoms with E-state index in [0.29, 0.717) is 26.1 Å². The van der Waals surface area contributed by atoms with Crippen LogP contribution in [0.4, 0.5) is 4.79 Å². The van der Waals surface area contributed by atoms with Crippen molar-refractivity contribution in [3.8, 4) is 0 Å². The Hall–Kier alpha value is -1.30. The van der Waals surface area contributed by atoms with Crippen molar-refractivity contribution in [2.45, 2.75) is 26.2 Å². The molecule has 0 aromatic heterocycles. The first kappa shape index (κ1) is 14.8. The van der Waals surface area contributed by atoms with Crippen LogP contribution >= 0.6 is 0 Å². The lowest BCUT2D eigenvalue weighted by Crippen LogP contribution is -2.44. The van der Waals surface area contributed by atoms with Crippen LogP contribution in [0, 0.1) is 5.92 Å². The Balaban J connectivity index is 2.52. The predicted octanol–water partition coefficient (Wildman–Crippen LogP) is 0.607. The number of hydrogen-bond donors (Lipinski definition) is 2. The number of likely N-dealkylation sites (tertiary alicyclic amines) is 1. The number of carboxylic acid groups (broad SMARTS) is 1. The molecule has 18 heavy (non-hydrogen) atoms. The van der Waals surface area contributed by atoms with Gasteiger partial charge in [0.25, 0.3) is 0 Å². The van der Waals surface area contributed by atoms with Gasteiger partial charge in [0.15, 0.2) is 0 Å². The summed E-state index contributed by atoms with van der Waals surface area (Å²) in [6.07, 6.45) is 2.39. The minimum atomic E-state index is -0.840. The first-order valence-corrected chi connectivity index (χ1v) is 6.47. The minimum Gasteiger partial charge on any atom is -0.481 e. The van der Waals surface area contributed by atoms with Gasteiger partial charge >= 0.3 is 12.0 Å². The van der Waals surface area contributed by atoms with Crippen molar-refractivity contribution >= 4 is 12.0 Å². The molecule has 1 heterocycles. The highest BCUT2D eigenvalue weighted by molar-refractivity contribution is 5.77. The lowest BCUT2D eigenvalue weighted by molar-refractivity contribution is -0.141. The third kappa shape index (κ3) is 3.87. The molecule has 2 N–H and O–H groups in total. The summed E-state index contributed by atoms with van der Waals surface area (Å²) in [7, 11) is 0. The number of nitrogens with zero attached hydrogens (tertiary/aromatic N) is 2. The molecule has 1 aliphatic heterocycles.